The van der Waals surface area contributed by atoms with Crippen LogP contribution < -0.4 is 4.74 Å². The van der Waals surface area contributed by atoms with Gasteiger partial charge in [-0.1, -0.05) is 57.5 Å². The van der Waals surface area contributed by atoms with Crippen molar-refractivity contribution in [1.82, 2.24) is 0 Å². The average Bonchev–Trinajstić information content (AvgIpc) is 2.93. The Morgan fingerprint density at radius 1 is 0.960 bits per heavy atom. The minimum atomic E-state index is -1.33. The second-order valence-corrected chi connectivity index (χ2v) is 12.7. The van der Waals surface area contributed by atoms with Crippen molar-refractivity contribution in [3.63, 3.8) is 0 Å². The monoisotopic (exact) mass is 348 g/mol. The van der Waals surface area contributed by atoms with Crippen molar-refractivity contribution in [1.29, 1.82) is 0 Å². The van der Waals surface area contributed by atoms with Crippen molar-refractivity contribution in [2.75, 3.05) is 6.61 Å². The molecule has 2 aromatic carbocycles. The highest BCUT2D eigenvalue weighted by molar-refractivity contribution is 6.83. The number of unbranched alkanes of at least 4 members (excludes halogenated alkanes) is 2. The SMILES string of the molecule is CCCCCOc1ccc2c(c1)Cc1cc(C#C[Si](C)(C)C)ccc1-2. The first-order valence-electron chi connectivity index (χ1n) is 9.38. The fourth-order valence-corrected chi connectivity index (χ4v) is 3.68. The van der Waals surface area contributed by atoms with Crippen molar-refractivity contribution in [2.45, 2.75) is 52.2 Å². The molecule has 0 heterocycles. The van der Waals surface area contributed by atoms with Crippen LogP contribution in [0.15, 0.2) is 36.4 Å². The lowest BCUT2D eigenvalue weighted by Gasteiger charge is -2.08. The third-order valence-corrected chi connectivity index (χ3v) is 5.33. The van der Waals surface area contributed by atoms with E-state index in [1.165, 1.54) is 35.1 Å². The summed E-state index contributed by atoms with van der Waals surface area (Å²) in [6.07, 6.45) is 4.58. The normalized spacial score (nSPS) is 12.2. The summed E-state index contributed by atoms with van der Waals surface area (Å²) in [4.78, 5) is 0. The highest BCUT2D eigenvalue weighted by Crippen LogP contribution is 2.38. The molecule has 0 unspecified atom stereocenters. The third kappa shape index (κ3) is 4.55. The zero-order valence-electron chi connectivity index (χ0n) is 15.9. The van der Waals surface area contributed by atoms with E-state index in [-0.39, 0.29) is 0 Å². The lowest BCUT2D eigenvalue weighted by Crippen LogP contribution is -2.16. The maximum absolute atomic E-state index is 5.91. The van der Waals surface area contributed by atoms with E-state index in [9.17, 15) is 0 Å². The second-order valence-electron chi connectivity index (χ2n) is 7.92. The minimum absolute atomic E-state index is 0.815. The van der Waals surface area contributed by atoms with Gasteiger partial charge in [0.1, 0.15) is 13.8 Å². The summed E-state index contributed by atoms with van der Waals surface area (Å²) < 4.78 is 5.91. The maximum atomic E-state index is 5.91. The number of hydrogen-bond donors (Lipinski definition) is 0. The van der Waals surface area contributed by atoms with Crippen molar-refractivity contribution in [3.8, 4) is 28.3 Å². The van der Waals surface area contributed by atoms with Crippen LogP contribution in [0.25, 0.3) is 11.1 Å². The van der Waals surface area contributed by atoms with Gasteiger partial charge in [-0.05, 0) is 59.4 Å². The molecule has 0 radical (unpaired) electrons. The van der Waals surface area contributed by atoms with Crippen LogP contribution in [0.3, 0.4) is 0 Å². The van der Waals surface area contributed by atoms with Gasteiger partial charge in [0.25, 0.3) is 0 Å². The quantitative estimate of drug-likeness (QED) is 0.309. The highest BCUT2D eigenvalue weighted by atomic mass is 28.3. The first-order chi connectivity index (χ1) is 12.0. The van der Waals surface area contributed by atoms with Crippen molar-refractivity contribution < 1.29 is 4.74 Å². The van der Waals surface area contributed by atoms with Gasteiger partial charge in [0, 0.05) is 5.56 Å². The van der Waals surface area contributed by atoms with Crippen molar-refractivity contribution in [2.24, 2.45) is 0 Å². The fraction of sp³-hybridized carbons (Fsp3) is 0.391. The summed E-state index contributed by atoms with van der Waals surface area (Å²) in [5, 5.41) is 0. The molecule has 0 aliphatic heterocycles. The van der Waals surface area contributed by atoms with Crippen LogP contribution in [0.4, 0.5) is 0 Å². The van der Waals surface area contributed by atoms with Crippen LogP contribution in [-0.4, -0.2) is 14.7 Å². The van der Waals surface area contributed by atoms with Crippen LogP contribution in [0.1, 0.15) is 42.9 Å². The van der Waals surface area contributed by atoms with Crippen molar-refractivity contribution in [3.05, 3.63) is 53.1 Å². The maximum Gasteiger partial charge on any atom is 0.129 e. The molecule has 0 atom stereocenters. The topological polar surface area (TPSA) is 9.23 Å². The Hall–Kier alpha value is -1.98. The van der Waals surface area contributed by atoms with E-state index in [1.54, 1.807) is 0 Å². The molecule has 2 aromatic rings. The smallest absolute Gasteiger partial charge is 0.129 e. The van der Waals surface area contributed by atoms with Gasteiger partial charge in [-0.15, -0.1) is 5.54 Å². The molecule has 0 saturated heterocycles. The van der Waals surface area contributed by atoms with Gasteiger partial charge in [-0.25, -0.2) is 0 Å². The molecule has 0 amide bonds. The molecule has 1 aliphatic carbocycles. The van der Waals surface area contributed by atoms with E-state index < -0.39 is 8.07 Å². The molecule has 0 aromatic heterocycles. The number of fused-ring (bicyclic) bond motifs is 3. The summed E-state index contributed by atoms with van der Waals surface area (Å²) in [6, 6.07) is 13.2. The zero-order valence-corrected chi connectivity index (χ0v) is 16.9. The standard InChI is InChI=1S/C23H28OSi/c1-5-6-7-13-24-21-9-11-23-20(17-21)16-19-15-18(8-10-22(19)23)12-14-25(2,3)4/h8-11,15,17H,5-7,13,16H2,1-4H3. The summed E-state index contributed by atoms with van der Waals surface area (Å²) in [7, 11) is -1.33. The van der Waals surface area contributed by atoms with Gasteiger partial charge in [0.15, 0.2) is 0 Å². The van der Waals surface area contributed by atoms with E-state index in [0.29, 0.717) is 0 Å². The molecule has 0 saturated carbocycles. The number of benzene rings is 2. The Kier molecular flexibility index (Phi) is 5.35. The van der Waals surface area contributed by atoms with Crippen LogP contribution in [0.5, 0.6) is 5.75 Å². The van der Waals surface area contributed by atoms with Gasteiger partial charge < -0.3 is 4.74 Å². The summed E-state index contributed by atoms with van der Waals surface area (Å²) in [5.41, 5.74) is 10.1. The molecule has 1 nitrogen and oxygen atoms in total. The predicted molar refractivity (Wildman–Crippen MR) is 110 cm³/mol. The zero-order chi connectivity index (χ0) is 17.9. The molecular weight excluding hydrogens is 320 g/mol. The predicted octanol–water partition coefficient (Wildman–Crippen LogP) is 6.06. The number of rotatable bonds is 5. The lowest BCUT2D eigenvalue weighted by atomic mass is 10.0. The van der Waals surface area contributed by atoms with Gasteiger partial charge in [0.2, 0.25) is 0 Å². The largest absolute Gasteiger partial charge is 0.494 e. The van der Waals surface area contributed by atoms with Crippen LogP contribution in [-0.2, 0) is 6.42 Å². The molecule has 3 rings (SSSR count). The highest BCUT2D eigenvalue weighted by Gasteiger charge is 2.19. The van der Waals surface area contributed by atoms with Gasteiger partial charge in [0.05, 0.1) is 6.61 Å². The summed E-state index contributed by atoms with van der Waals surface area (Å²) >= 11 is 0. The lowest BCUT2D eigenvalue weighted by molar-refractivity contribution is 0.306. The Morgan fingerprint density at radius 3 is 2.40 bits per heavy atom. The molecule has 0 N–H and O–H groups in total. The third-order valence-electron chi connectivity index (χ3n) is 4.45. The number of ether oxygens (including phenoxy) is 1. The van der Waals surface area contributed by atoms with Crippen LogP contribution in [0, 0.1) is 11.5 Å². The first kappa shape index (κ1) is 17.8. The van der Waals surface area contributed by atoms with Gasteiger partial charge >= 0.3 is 0 Å². The Bertz CT molecular complexity index is 818. The molecule has 2 heteroatoms. The summed E-state index contributed by atoms with van der Waals surface area (Å²) in [5.74, 6) is 4.38. The average molecular weight is 349 g/mol. The number of hydrogen-bond acceptors (Lipinski definition) is 1. The molecule has 0 bridgehead atoms. The molecule has 0 spiro atoms. The molecule has 0 fully saturated rings. The Labute approximate surface area is 153 Å². The van der Waals surface area contributed by atoms with E-state index >= 15 is 0 Å². The van der Waals surface area contributed by atoms with E-state index in [1.807, 2.05) is 0 Å². The minimum Gasteiger partial charge on any atom is -0.494 e. The van der Waals surface area contributed by atoms with Crippen LogP contribution in [0.2, 0.25) is 19.6 Å². The van der Waals surface area contributed by atoms with E-state index in [4.69, 9.17) is 4.74 Å². The molecular formula is C23H28OSi. The molecule has 25 heavy (non-hydrogen) atoms. The van der Waals surface area contributed by atoms with Gasteiger partial charge in [-0.2, -0.15) is 0 Å². The molecule has 1 aliphatic rings. The Balaban J connectivity index is 1.76. The molecule has 130 valence electrons. The second kappa shape index (κ2) is 7.50. The van der Waals surface area contributed by atoms with E-state index in [0.717, 1.165) is 30.8 Å². The van der Waals surface area contributed by atoms with Crippen molar-refractivity contribution >= 4 is 8.07 Å². The fourth-order valence-electron chi connectivity index (χ4n) is 3.16. The van der Waals surface area contributed by atoms with Crippen LogP contribution >= 0.6 is 0 Å². The summed E-state index contributed by atoms with van der Waals surface area (Å²) in [6.45, 7) is 9.88. The first-order valence-corrected chi connectivity index (χ1v) is 12.9. The Morgan fingerprint density at radius 2 is 1.68 bits per heavy atom. The van der Waals surface area contributed by atoms with E-state index in [2.05, 4.69) is 74.4 Å². The van der Waals surface area contributed by atoms with Gasteiger partial charge in [-0.3, -0.25) is 0 Å².